The second-order valence-corrected chi connectivity index (χ2v) is 10.6. The smallest absolute Gasteiger partial charge is 0.329 e. The lowest BCUT2D eigenvalue weighted by Crippen LogP contribution is -2.57. The number of hydrogen-bond acceptors (Lipinski definition) is 5. The molecule has 1 fully saturated rings. The van der Waals surface area contributed by atoms with Gasteiger partial charge in [-0.1, -0.05) is 25.7 Å². The third kappa shape index (κ3) is 7.76. The van der Waals surface area contributed by atoms with Crippen LogP contribution in [0.1, 0.15) is 61.3 Å². The topological polar surface area (TPSA) is 53.1 Å². The number of piperidine rings is 1. The van der Waals surface area contributed by atoms with E-state index in [1.54, 1.807) is 20.8 Å². The van der Waals surface area contributed by atoms with Gasteiger partial charge in [0.25, 0.3) is 5.91 Å². The Morgan fingerprint density at radius 3 is 2.03 bits per heavy atom. The quantitative estimate of drug-likeness (QED) is 0.471. The SMILES string of the molecule is CC(C)C(C(=O)OC(C)(C)C)N(C)C(=O)C1(F)CCN(CC#CC(C)(C)N(C)C)CC1. The summed E-state index contributed by atoms with van der Waals surface area (Å²) in [5.74, 6) is 5.09. The first kappa shape index (κ1) is 27.4. The minimum absolute atomic E-state index is 0.0913. The number of hydrogen-bond donors (Lipinski definition) is 0. The predicted octanol–water partition coefficient (Wildman–Crippen LogP) is 2.96. The molecule has 0 aromatic rings. The number of rotatable bonds is 6. The summed E-state index contributed by atoms with van der Waals surface area (Å²) in [5, 5.41) is 0. The van der Waals surface area contributed by atoms with E-state index in [4.69, 9.17) is 4.74 Å². The molecule has 0 bridgehead atoms. The highest BCUT2D eigenvalue weighted by molar-refractivity contribution is 5.90. The summed E-state index contributed by atoms with van der Waals surface area (Å²) in [6.07, 6.45) is 0.183. The van der Waals surface area contributed by atoms with Gasteiger partial charge in [-0.3, -0.25) is 14.6 Å². The lowest BCUT2D eigenvalue weighted by Gasteiger charge is -2.39. The van der Waals surface area contributed by atoms with Crippen LogP contribution in [-0.2, 0) is 14.3 Å². The molecule has 0 saturated carbocycles. The number of amides is 1. The molecule has 178 valence electrons. The van der Waals surface area contributed by atoms with Gasteiger partial charge >= 0.3 is 5.97 Å². The largest absolute Gasteiger partial charge is 0.458 e. The van der Waals surface area contributed by atoms with Crippen molar-refractivity contribution in [3.63, 3.8) is 0 Å². The molecule has 1 unspecified atom stereocenters. The highest BCUT2D eigenvalue weighted by Crippen LogP contribution is 2.30. The third-order valence-electron chi connectivity index (χ3n) is 5.86. The molecule has 1 aliphatic heterocycles. The van der Waals surface area contributed by atoms with Crippen LogP contribution in [0.5, 0.6) is 0 Å². The van der Waals surface area contributed by atoms with Gasteiger partial charge in [0.2, 0.25) is 0 Å². The molecule has 1 atom stereocenters. The fraction of sp³-hybridized carbons (Fsp3) is 0.833. The van der Waals surface area contributed by atoms with Crippen molar-refractivity contribution in [1.82, 2.24) is 14.7 Å². The third-order valence-corrected chi connectivity index (χ3v) is 5.86. The van der Waals surface area contributed by atoms with Gasteiger partial charge in [0.05, 0.1) is 12.1 Å². The minimum atomic E-state index is -1.98. The number of carbonyl (C=O) groups is 2. The maximum Gasteiger partial charge on any atom is 0.329 e. The summed E-state index contributed by atoms with van der Waals surface area (Å²) in [4.78, 5) is 31.1. The molecular weight excluding hydrogens is 397 g/mol. The maximum atomic E-state index is 15.6. The van der Waals surface area contributed by atoms with Crippen LogP contribution in [0.4, 0.5) is 4.39 Å². The Morgan fingerprint density at radius 2 is 1.61 bits per heavy atom. The van der Waals surface area contributed by atoms with Gasteiger partial charge < -0.3 is 9.64 Å². The number of likely N-dealkylation sites (N-methyl/N-ethyl adjacent to an activating group) is 1. The average molecular weight is 440 g/mol. The fourth-order valence-electron chi connectivity index (χ4n) is 3.44. The van der Waals surface area contributed by atoms with Gasteiger partial charge in [0.15, 0.2) is 5.67 Å². The zero-order valence-electron chi connectivity index (χ0n) is 21.1. The number of esters is 1. The van der Waals surface area contributed by atoms with Crippen LogP contribution in [-0.4, -0.2) is 90.2 Å². The summed E-state index contributed by atoms with van der Waals surface area (Å²) in [7, 11) is 5.47. The molecule has 0 spiro atoms. The van der Waals surface area contributed by atoms with Gasteiger partial charge in [0, 0.05) is 33.0 Å². The molecule has 1 aliphatic rings. The van der Waals surface area contributed by atoms with E-state index in [1.807, 2.05) is 46.7 Å². The molecule has 0 aromatic carbocycles. The first-order chi connectivity index (χ1) is 14.0. The van der Waals surface area contributed by atoms with Crippen LogP contribution in [0.2, 0.25) is 0 Å². The van der Waals surface area contributed by atoms with Crippen molar-refractivity contribution in [3.8, 4) is 11.8 Å². The maximum absolute atomic E-state index is 15.6. The Kier molecular flexibility index (Phi) is 9.11. The zero-order valence-corrected chi connectivity index (χ0v) is 21.1. The summed E-state index contributed by atoms with van der Waals surface area (Å²) < 4.78 is 21.1. The minimum Gasteiger partial charge on any atom is -0.458 e. The van der Waals surface area contributed by atoms with Crippen LogP contribution < -0.4 is 0 Å². The van der Waals surface area contributed by atoms with Gasteiger partial charge in [-0.2, -0.15) is 0 Å². The van der Waals surface area contributed by atoms with Crippen molar-refractivity contribution in [2.24, 2.45) is 5.92 Å². The number of halogens is 1. The van der Waals surface area contributed by atoms with E-state index in [1.165, 1.54) is 11.9 Å². The monoisotopic (exact) mass is 439 g/mol. The lowest BCUT2D eigenvalue weighted by atomic mass is 9.90. The number of likely N-dealkylation sites (tertiary alicyclic amines) is 1. The van der Waals surface area contributed by atoms with Crippen molar-refractivity contribution in [2.75, 3.05) is 40.8 Å². The summed E-state index contributed by atoms with van der Waals surface area (Å²) in [6, 6.07) is -0.823. The van der Waals surface area contributed by atoms with Crippen molar-refractivity contribution < 1.29 is 18.7 Å². The Morgan fingerprint density at radius 1 is 1.10 bits per heavy atom. The second kappa shape index (κ2) is 10.3. The van der Waals surface area contributed by atoms with E-state index in [0.717, 1.165) is 0 Å². The molecule has 7 heteroatoms. The predicted molar refractivity (Wildman–Crippen MR) is 122 cm³/mol. The zero-order chi connectivity index (χ0) is 24.2. The molecule has 0 radical (unpaired) electrons. The highest BCUT2D eigenvalue weighted by atomic mass is 19.1. The average Bonchev–Trinajstić information content (AvgIpc) is 2.60. The molecule has 0 aliphatic carbocycles. The molecule has 1 heterocycles. The van der Waals surface area contributed by atoms with E-state index in [9.17, 15) is 9.59 Å². The first-order valence-corrected chi connectivity index (χ1v) is 11.1. The van der Waals surface area contributed by atoms with Crippen LogP contribution in [0.3, 0.4) is 0 Å². The summed E-state index contributed by atoms with van der Waals surface area (Å²) in [6.45, 7) is 14.5. The molecule has 0 N–H and O–H groups in total. The van der Waals surface area contributed by atoms with Crippen molar-refractivity contribution in [3.05, 3.63) is 0 Å². The number of carbonyl (C=O) groups excluding carboxylic acids is 2. The van der Waals surface area contributed by atoms with E-state index in [-0.39, 0.29) is 24.3 Å². The van der Waals surface area contributed by atoms with Gasteiger partial charge in [-0.25, -0.2) is 9.18 Å². The summed E-state index contributed by atoms with van der Waals surface area (Å²) in [5.41, 5.74) is -2.88. The van der Waals surface area contributed by atoms with Gasteiger partial charge in [-0.15, -0.1) is 0 Å². The Bertz CT molecular complexity index is 693. The normalized spacial score (nSPS) is 18.4. The lowest BCUT2D eigenvalue weighted by molar-refractivity contribution is -0.169. The molecule has 0 aromatic heterocycles. The number of nitrogens with zero attached hydrogens (tertiary/aromatic N) is 3. The molecular formula is C24H42FN3O3. The summed E-state index contributed by atoms with van der Waals surface area (Å²) >= 11 is 0. The van der Waals surface area contributed by atoms with Crippen molar-refractivity contribution in [2.45, 2.75) is 84.2 Å². The Balaban J connectivity index is 2.79. The van der Waals surface area contributed by atoms with E-state index < -0.39 is 29.2 Å². The highest BCUT2D eigenvalue weighted by Gasteiger charge is 2.46. The number of ether oxygens (including phenoxy) is 1. The molecule has 1 amide bonds. The van der Waals surface area contributed by atoms with Crippen molar-refractivity contribution in [1.29, 1.82) is 0 Å². The molecule has 6 nitrogen and oxygen atoms in total. The van der Waals surface area contributed by atoms with Crippen molar-refractivity contribution >= 4 is 11.9 Å². The standard InChI is InChI=1S/C24H42FN3O3/c1-18(2)19(20(29)31-22(3,4)5)27(10)21(30)24(25)13-16-28(17-14-24)15-11-12-23(6,7)26(8)9/h18-19H,13-17H2,1-10H3. The molecule has 1 rings (SSSR count). The second-order valence-electron chi connectivity index (χ2n) is 10.6. The Hall–Kier alpha value is -1.65. The molecule has 1 saturated heterocycles. The van der Waals surface area contributed by atoms with Crippen LogP contribution >= 0.6 is 0 Å². The van der Waals surface area contributed by atoms with Gasteiger partial charge in [-0.05, 0) is 54.6 Å². The number of alkyl halides is 1. The van der Waals surface area contributed by atoms with E-state index >= 15 is 4.39 Å². The fourth-order valence-corrected chi connectivity index (χ4v) is 3.44. The first-order valence-electron chi connectivity index (χ1n) is 11.1. The van der Waals surface area contributed by atoms with Crippen LogP contribution in [0.15, 0.2) is 0 Å². The van der Waals surface area contributed by atoms with E-state index in [0.29, 0.717) is 19.6 Å². The van der Waals surface area contributed by atoms with E-state index in [2.05, 4.69) is 16.7 Å². The van der Waals surface area contributed by atoms with Gasteiger partial charge in [0.1, 0.15) is 11.6 Å². The van der Waals surface area contributed by atoms with Crippen LogP contribution in [0.25, 0.3) is 0 Å². The van der Waals surface area contributed by atoms with Crippen LogP contribution in [0, 0.1) is 17.8 Å². The Labute approximate surface area is 188 Å². The molecule has 31 heavy (non-hydrogen) atoms.